The molecule has 230 valence electrons. The summed E-state index contributed by atoms with van der Waals surface area (Å²) in [6, 6.07) is 61.8. The Kier molecular flexibility index (Phi) is 6.18. The van der Waals surface area contributed by atoms with Crippen LogP contribution in [0, 0.1) is 0 Å². The Hall–Kier alpha value is -6.58. The molecule has 0 atom stereocenters. The Balaban J connectivity index is 1.32. The maximum atomic E-state index is 6.87. The van der Waals surface area contributed by atoms with Crippen molar-refractivity contribution in [3.63, 3.8) is 0 Å². The van der Waals surface area contributed by atoms with Crippen LogP contribution in [-0.4, -0.2) is 0 Å². The van der Waals surface area contributed by atoms with Crippen LogP contribution in [0.1, 0.15) is 0 Å². The van der Waals surface area contributed by atoms with Crippen molar-refractivity contribution >= 4 is 71.7 Å². The summed E-state index contributed by atoms with van der Waals surface area (Å²) in [4.78, 5) is 2.34. The van der Waals surface area contributed by atoms with Gasteiger partial charge in [-0.15, -0.1) is 0 Å². The molecule has 0 amide bonds. The van der Waals surface area contributed by atoms with Crippen LogP contribution < -0.4 is 4.90 Å². The van der Waals surface area contributed by atoms with Crippen molar-refractivity contribution in [1.29, 1.82) is 0 Å². The quantitative estimate of drug-likeness (QED) is 0.190. The van der Waals surface area contributed by atoms with Crippen molar-refractivity contribution < 1.29 is 8.83 Å². The van der Waals surface area contributed by atoms with E-state index in [9.17, 15) is 0 Å². The van der Waals surface area contributed by atoms with E-state index in [0.29, 0.717) is 0 Å². The van der Waals surface area contributed by atoms with E-state index >= 15 is 0 Å². The van der Waals surface area contributed by atoms with Crippen molar-refractivity contribution in [3.05, 3.63) is 176 Å². The Bertz CT molecular complexity index is 2810. The minimum Gasteiger partial charge on any atom is -0.455 e. The second-order valence-corrected chi connectivity index (χ2v) is 12.5. The second kappa shape index (κ2) is 11.0. The molecule has 49 heavy (non-hydrogen) atoms. The smallest absolute Gasteiger partial charge is 0.159 e. The third-order valence-corrected chi connectivity index (χ3v) is 9.67. The molecule has 0 N–H and O–H groups in total. The van der Waals surface area contributed by atoms with Crippen LogP contribution in [0.15, 0.2) is 185 Å². The van der Waals surface area contributed by atoms with Gasteiger partial charge < -0.3 is 13.7 Å². The molecule has 8 aromatic carbocycles. The summed E-state index contributed by atoms with van der Waals surface area (Å²) in [5.41, 5.74) is 10.9. The molecule has 0 aliphatic heterocycles. The molecule has 0 aliphatic rings. The molecule has 10 aromatic rings. The van der Waals surface area contributed by atoms with E-state index < -0.39 is 0 Å². The average molecular weight is 628 g/mol. The highest BCUT2D eigenvalue weighted by Gasteiger charge is 2.25. The molecule has 3 nitrogen and oxygen atoms in total. The molecule has 10 rings (SSSR count). The summed E-state index contributed by atoms with van der Waals surface area (Å²) in [6.45, 7) is 0. The standard InChI is InChI=1S/C46H29NO2/c1-3-12-30(13-4-1)31-22-25-34(26-23-31)47(40-20-11-19-38-37-18-9-10-21-41(37)48-45(38)40)39-28-27-36(32-14-5-2-6-15-32)46-44(39)43-35-17-8-7-16-33(35)24-29-42(43)49-46/h1-29H. The van der Waals surface area contributed by atoms with Crippen molar-refractivity contribution in [3.8, 4) is 22.3 Å². The first kappa shape index (κ1) is 27.5. The van der Waals surface area contributed by atoms with Gasteiger partial charge in [0.05, 0.1) is 16.8 Å². The van der Waals surface area contributed by atoms with Gasteiger partial charge >= 0.3 is 0 Å². The number of hydrogen-bond donors (Lipinski definition) is 0. The van der Waals surface area contributed by atoms with E-state index in [4.69, 9.17) is 8.83 Å². The first-order chi connectivity index (χ1) is 24.3. The fourth-order valence-corrected chi connectivity index (χ4v) is 7.41. The lowest BCUT2D eigenvalue weighted by Crippen LogP contribution is -2.11. The Morgan fingerprint density at radius 3 is 1.82 bits per heavy atom. The zero-order valence-electron chi connectivity index (χ0n) is 26.5. The highest BCUT2D eigenvalue weighted by Crippen LogP contribution is 2.49. The van der Waals surface area contributed by atoms with Gasteiger partial charge in [0.25, 0.3) is 0 Å². The van der Waals surface area contributed by atoms with Crippen molar-refractivity contribution in [2.75, 3.05) is 4.90 Å². The zero-order chi connectivity index (χ0) is 32.3. The van der Waals surface area contributed by atoms with E-state index in [1.807, 2.05) is 12.1 Å². The summed E-state index contributed by atoms with van der Waals surface area (Å²) in [7, 11) is 0. The summed E-state index contributed by atoms with van der Waals surface area (Å²) in [5.74, 6) is 0. The van der Waals surface area contributed by atoms with Crippen molar-refractivity contribution in [2.24, 2.45) is 0 Å². The molecule has 0 radical (unpaired) electrons. The molecule has 0 fully saturated rings. The molecule has 0 aliphatic carbocycles. The largest absolute Gasteiger partial charge is 0.455 e. The number of fused-ring (bicyclic) bond motifs is 8. The van der Waals surface area contributed by atoms with Crippen LogP contribution in [0.4, 0.5) is 17.1 Å². The molecular formula is C46H29NO2. The lowest BCUT2D eigenvalue weighted by molar-refractivity contribution is 0.668. The van der Waals surface area contributed by atoms with Gasteiger partial charge in [-0.2, -0.15) is 0 Å². The SMILES string of the molecule is c1ccc(-c2ccc(N(c3cccc4c3oc3ccccc34)c3ccc(-c4ccccc4)c4oc5ccc6ccccc6c5c34)cc2)cc1. The molecule has 3 heteroatoms. The summed E-state index contributed by atoms with van der Waals surface area (Å²) >= 11 is 0. The van der Waals surface area contributed by atoms with E-state index in [1.165, 1.54) is 10.9 Å². The van der Waals surface area contributed by atoms with Crippen molar-refractivity contribution in [2.45, 2.75) is 0 Å². The molecule has 0 bridgehead atoms. The molecule has 2 heterocycles. The molecular weight excluding hydrogens is 599 g/mol. The minimum atomic E-state index is 0.841. The first-order valence-corrected chi connectivity index (χ1v) is 16.6. The van der Waals surface area contributed by atoms with Gasteiger partial charge in [0, 0.05) is 27.4 Å². The molecule has 2 aromatic heterocycles. The Labute approximate surface area is 282 Å². The van der Waals surface area contributed by atoms with E-state index in [1.54, 1.807) is 0 Å². The van der Waals surface area contributed by atoms with Gasteiger partial charge in [-0.05, 0) is 69.9 Å². The number of para-hydroxylation sites is 2. The van der Waals surface area contributed by atoms with E-state index in [2.05, 4.69) is 169 Å². The number of hydrogen-bond acceptors (Lipinski definition) is 3. The van der Waals surface area contributed by atoms with Gasteiger partial charge in [-0.1, -0.05) is 133 Å². The van der Waals surface area contributed by atoms with Gasteiger partial charge in [0.2, 0.25) is 0 Å². The molecule has 0 unspecified atom stereocenters. The van der Waals surface area contributed by atoms with Gasteiger partial charge in [0.1, 0.15) is 16.7 Å². The minimum absolute atomic E-state index is 0.841. The first-order valence-electron chi connectivity index (χ1n) is 16.6. The molecule has 0 saturated carbocycles. The monoisotopic (exact) mass is 627 g/mol. The van der Waals surface area contributed by atoms with Crippen LogP contribution in [0.3, 0.4) is 0 Å². The fraction of sp³-hybridized carbons (Fsp3) is 0. The second-order valence-electron chi connectivity index (χ2n) is 12.5. The summed E-state index contributed by atoms with van der Waals surface area (Å²) < 4.78 is 13.6. The third kappa shape index (κ3) is 4.37. The number of anilines is 3. The fourth-order valence-electron chi connectivity index (χ4n) is 7.41. The topological polar surface area (TPSA) is 29.5 Å². The van der Waals surface area contributed by atoms with Crippen LogP contribution in [0.2, 0.25) is 0 Å². The van der Waals surface area contributed by atoms with Crippen LogP contribution in [-0.2, 0) is 0 Å². The molecule has 0 saturated heterocycles. The maximum Gasteiger partial charge on any atom is 0.159 e. The van der Waals surface area contributed by atoms with Crippen LogP contribution in [0.5, 0.6) is 0 Å². The average Bonchev–Trinajstić information content (AvgIpc) is 3.76. The summed E-state index contributed by atoms with van der Waals surface area (Å²) in [6.07, 6.45) is 0. The number of nitrogens with zero attached hydrogens (tertiary/aromatic N) is 1. The highest BCUT2D eigenvalue weighted by molar-refractivity contribution is 6.25. The number of furan rings is 2. The van der Waals surface area contributed by atoms with E-state index in [0.717, 1.165) is 83.0 Å². The van der Waals surface area contributed by atoms with Gasteiger partial charge in [0.15, 0.2) is 5.58 Å². The number of rotatable bonds is 5. The van der Waals surface area contributed by atoms with Gasteiger partial charge in [-0.25, -0.2) is 0 Å². The van der Waals surface area contributed by atoms with Crippen LogP contribution in [0.25, 0.3) is 76.9 Å². The number of benzene rings is 8. The predicted molar refractivity (Wildman–Crippen MR) is 204 cm³/mol. The normalized spacial score (nSPS) is 11.7. The lowest BCUT2D eigenvalue weighted by Gasteiger charge is -2.27. The molecule has 0 spiro atoms. The van der Waals surface area contributed by atoms with Crippen molar-refractivity contribution in [1.82, 2.24) is 0 Å². The maximum absolute atomic E-state index is 6.87. The van der Waals surface area contributed by atoms with Gasteiger partial charge in [-0.3, -0.25) is 0 Å². The lowest BCUT2D eigenvalue weighted by atomic mass is 9.97. The highest BCUT2D eigenvalue weighted by atomic mass is 16.3. The predicted octanol–water partition coefficient (Wildman–Crippen LogP) is 13.4. The Morgan fingerprint density at radius 1 is 0.347 bits per heavy atom. The van der Waals surface area contributed by atoms with Crippen LogP contribution >= 0.6 is 0 Å². The zero-order valence-corrected chi connectivity index (χ0v) is 26.5. The third-order valence-electron chi connectivity index (χ3n) is 9.67. The van der Waals surface area contributed by atoms with E-state index in [-0.39, 0.29) is 0 Å². The summed E-state index contributed by atoms with van der Waals surface area (Å²) in [5, 5.41) is 6.68. The Morgan fingerprint density at radius 2 is 1.00 bits per heavy atom.